The van der Waals surface area contributed by atoms with E-state index in [2.05, 4.69) is 0 Å². The van der Waals surface area contributed by atoms with E-state index < -0.39 is 15.0 Å². The van der Waals surface area contributed by atoms with E-state index in [0.717, 1.165) is 12.8 Å². The van der Waals surface area contributed by atoms with Crippen molar-refractivity contribution in [2.45, 2.75) is 31.6 Å². The van der Waals surface area contributed by atoms with Crippen molar-refractivity contribution in [3.05, 3.63) is 66.2 Å². The number of sulfonamides is 1. The fourth-order valence-electron chi connectivity index (χ4n) is 2.96. The number of nitrogens with zero attached hydrogens (tertiary/aromatic N) is 1. The van der Waals surface area contributed by atoms with Gasteiger partial charge in [-0.15, -0.1) is 0 Å². The van der Waals surface area contributed by atoms with Gasteiger partial charge in [0.2, 0.25) is 0 Å². The van der Waals surface area contributed by atoms with Crippen molar-refractivity contribution in [3.8, 4) is 5.75 Å². The predicted octanol–water partition coefficient (Wildman–Crippen LogP) is 3.33. The summed E-state index contributed by atoms with van der Waals surface area (Å²) in [7, 11) is -3.86. The number of para-hydroxylation sites is 1. The van der Waals surface area contributed by atoms with E-state index in [9.17, 15) is 8.42 Å². The van der Waals surface area contributed by atoms with Crippen LogP contribution in [0, 0.1) is 0 Å². The number of hydrogen-bond donors (Lipinski definition) is 1. The maximum atomic E-state index is 13.7. The summed E-state index contributed by atoms with van der Waals surface area (Å²) in [5, 5.41) is 0. The molecule has 0 saturated heterocycles. The van der Waals surface area contributed by atoms with Gasteiger partial charge in [0.1, 0.15) is 5.75 Å². The largest absolute Gasteiger partial charge is 0.464 e. The van der Waals surface area contributed by atoms with Crippen LogP contribution in [-0.2, 0) is 15.0 Å². The molecule has 0 aliphatic heterocycles. The fraction of sp³-hybridized carbons (Fsp3) is 0.400. The molecule has 26 heavy (non-hydrogen) atoms. The third kappa shape index (κ3) is 4.09. The highest BCUT2D eigenvalue weighted by Gasteiger charge is 2.50. The molecule has 6 heteroatoms. The Morgan fingerprint density at radius 2 is 1.42 bits per heavy atom. The summed E-state index contributed by atoms with van der Waals surface area (Å²) in [6, 6.07) is 17.9. The van der Waals surface area contributed by atoms with Crippen molar-refractivity contribution in [2.24, 2.45) is 5.73 Å². The second-order valence-corrected chi connectivity index (χ2v) is 8.27. The smallest absolute Gasteiger partial charge is 0.261 e. The van der Waals surface area contributed by atoms with Gasteiger partial charge in [-0.25, -0.2) is 8.42 Å². The predicted molar refractivity (Wildman–Crippen MR) is 105 cm³/mol. The van der Waals surface area contributed by atoms with E-state index >= 15 is 0 Å². The van der Waals surface area contributed by atoms with Crippen molar-refractivity contribution < 1.29 is 13.2 Å². The van der Waals surface area contributed by atoms with Gasteiger partial charge in [0.15, 0.2) is 0 Å². The minimum absolute atomic E-state index is 0.182. The summed E-state index contributed by atoms with van der Waals surface area (Å²) in [4.78, 5) is -1.67. The molecule has 0 spiro atoms. The molecular formula is C20H28N2O3S. The SMILES string of the molecule is CCCN(CCC)S(=O)(=O)C(CN)(Oc1ccccc1)c1ccccc1. The van der Waals surface area contributed by atoms with Crippen LogP contribution in [0.4, 0.5) is 0 Å². The molecule has 2 aromatic carbocycles. The number of hydrogen-bond acceptors (Lipinski definition) is 4. The monoisotopic (exact) mass is 376 g/mol. The fourth-order valence-corrected chi connectivity index (χ4v) is 5.06. The van der Waals surface area contributed by atoms with Crippen LogP contribution in [0.3, 0.4) is 0 Å². The molecule has 0 aliphatic carbocycles. The third-order valence-electron chi connectivity index (χ3n) is 4.21. The van der Waals surface area contributed by atoms with Crippen LogP contribution >= 0.6 is 0 Å². The third-order valence-corrected chi connectivity index (χ3v) is 6.57. The molecule has 0 heterocycles. The number of benzene rings is 2. The second kappa shape index (κ2) is 9.16. The first kappa shape index (κ1) is 20.4. The first-order chi connectivity index (χ1) is 12.5. The highest BCUT2D eigenvalue weighted by Crippen LogP contribution is 2.35. The maximum absolute atomic E-state index is 13.7. The number of nitrogens with two attached hydrogens (primary N) is 1. The molecule has 0 fully saturated rings. The lowest BCUT2D eigenvalue weighted by Gasteiger charge is -2.37. The minimum atomic E-state index is -3.86. The van der Waals surface area contributed by atoms with Crippen molar-refractivity contribution in [1.82, 2.24) is 4.31 Å². The Morgan fingerprint density at radius 1 is 0.923 bits per heavy atom. The van der Waals surface area contributed by atoms with Crippen LogP contribution in [0.25, 0.3) is 0 Å². The Morgan fingerprint density at radius 3 is 1.88 bits per heavy atom. The van der Waals surface area contributed by atoms with Gasteiger partial charge in [-0.2, -0.15) is 4.31 Å². The van der Waals surface area contributed by atoms with Crippen LogP contribution in [0.5, 0.6) is 5.75 Å². The Hall–Kier alpha value is -1.89. The van der Waals surface area contributed by atoms with Crippen LogP contribution in [0.1, 0.15) is 32.3 Å². The molecule has 5 nitrogen and oxygen atoms in total. The van der Waals surface area contributed by atoms with Gasteiger partial charge in [0, 0.05) is 18.7 Å². The van der Waals surface area contributed by atoms with E-state index in [1.807, 2.05) is 38.1 Å². The van der Waals surface area contributed by atoms with Crippen molar-refractivity contribution in [2.75, 3.05) is 19.6 Å². The van der Waals surface area contributed by atoms with E-state index in [1.54, 1.807) is 36.4 Å². The van der Waals surface area contributed by atoms with Gasteiger partial charge < -0.3 is 10.5 Å². The molecule has 0 aliphatic rings. The molecule has 0 radical (unpaired) electrons. The molecule has 2 rings (SSSR count). The minimum Gasteiger partial charge on any atom is -0.464 e. The van der Waals surface area contributed by atoms with Gasteiger partial charge >= 0.3 is 0 Å². The summed E-state index contributed by atoms with van der Waals surface area (Å²) in [5.74, 6) is 0.471. The summed E-state index contributed by atoms with van der Waals surface area (Å²) < 4.78 is 35.0. The van der Waals surface area contributed by atoms with Crippen molar-refractivity contribution in [1.29, 1.82) is 0 Å². The Bertz CT molecular complexity index is 760. The molecule has 2 aromatic rings. The summed E-state index contributed by atoms with van der Waals surface area (Å²) in [6.45, 7) is 4.61. The summed E-state index contributed by atoms with van der Waals surface area (Å²) in [6.07, 6.45) is 1.44. The Kier molecular flexibility index (Phi) is 7.20. The molecule has 1 unspecified atom stereocenters. The lowest BCUT2D eigenvalue weighted by Crippen LogP contribution is -2.54. The number of ether oxygens (including phenoxy) is 1. The van der Waals surface area contributed by atoms with Gasteiger partial charge in [0.05, 0.1) is 6.54 Å². The summed E-state index contributed by atoms with van der Waals surface area (Å²) in [5.41, 5.74) is 6.60. The Balaban J connectivity index is 2.62. The van der Waals surface area contributed by atoms with E-state index in [-0.39, 0.29) is 6.54 Å². The van der Waals surface area contributed by atoms with Crippen LogP contribution in [0.2, 0.25) is 0 Å². The normalized spacial score (nSPS) is 14.2. The number of rotatable bonds is 10. The zero-order chi connectivity index (χ0) is 19.0. The van der Waals surface area contributed by atoms with E-state index in [4.69, 9.17) is 10.5 Å². The van der Waals surface area contributed by atoms with Crippen molar-refractivity contribution in [3.63, 3.8) is 0 Å². The standard InChI is InChI=1S/C20H28N2O3S/c1-3-15-22(16-4-2)26(23,24)20(17-21,18-11-7-5-8-12-18)25-19-13-9-6-10-14-19/h5-14H,3-4,15-17,21H2,1-2H3. The van der Waals surface area contributed by atoms with Crippen molar-refractivity contribution >= 4 is 10.0 Å². The quantitative estimate of drug-likeness (QED) is 0.690. The molecule has 1 atom stereocenters. The molecule has 2 N–H and O–H groups in total. The van der Waals surface area contributed by atoms with E-state index in [1.165, 1.54) is 4.31 Å². The molecule has 0 aromatic heterocycles. The maximum Gasteiger partial charge on any atom is 0.261 e. The summed E-state index contributed by atoms with van der Waals surface area (Å²) >= 11 is 0. The highest BCUT2D eigenvalue weighted by molar-refractivity contribution is 7.90. The molecule has 0 saturated carbocycles. The molecule has 0 amide bonds. The van der Waals surface area contributed by atoms with Gasteiger partial charge in [-0.1, -0.05) is 62.4 Å². The van der Waals surface area contributed by atoms with E-state index in [0.29, 0.717) is 24.4 Å². The average molecular weight is 377 g/mol. The van der Waals surface area contributed by atoms with Crippen LogP contribution < -0.4 is 10.5 Å². The van der Waals surface area contributed by atoms with Crippen LogP contribution in [-0.4, -0.2) is 32.4 Å². The van der Waals surface area contributed by atoms with Crippen LogP contribution in [0.15, 0.2) is 60.7 Å². The average Bonchev–Trinajstić information content (AvgIpc) is 2.67. The second-order valence-electron chi connectivity index (χ2n) is 6.14. The molecule has 0 bridgehead atoms. The lowest BCUT2D eigenvalue weighted by atomic mass is 10.1. The topological polar surface area (TPSA) is 72.6 Å². The Labute approximate surface area is 156 Å². The van der Waals surface area contributed by atoms with Gasteiger partial charge in [-0.3, -0.25) is 0 Å². The molecule has 142 valence electrons. The zero-order valence-electron chi connectivity index (χ0n) is 15.5. The van der Waals surface area contributed by atoms with Gasteiger partial charge in [-0.05, 0) is 25.0 Å². The lowest BCUT2D eigenvalue weighted by molar-refractivity contribution is 0.150. The molecular weight excluding hydrogens is 348 g/mol. The zero-order valence-corrected chi connectivity index (χ0v) is 16.3. The highest BCUT2D eigenvalue weighted by atomic mass is 32.2. The first-order valence-corrected chi connectivity index (χ1v) is 10.4. The first-order valence-electron chi connectivity index (χ1n) is 9.01. The van der Waals surface area contributed by atoms with Gasteiger partial charge in [0.25, 0.3) is 15.0 Å².